The molecule has 1 saturated heterocycles. The van der Waals surface area contributed by atoms with Gasteiger partial charge >= 0.3 is 0 Å². The standard InChI is InChI=1S/C16H20BrN5O/c1-10-6-12(8-18)9-21(10)16(23)15-11(2)22(20-19-15)14-5-3-4-13(17)7-14/h3-5,7,10,12H,6,8-9,18H2,1-2H3. The predicted molar refractivity (Wildman–Crippen MR) is 91.5 cm³/mol. The topological polar surface area (TPSA) is 77.0 Å². The molecule has 1 aromatic carbocycles. The average Bonchev–Trinajstić information content (AvgIpc) is 3.09. The van der Waals surface area contributed by atoms with Crippen LogP contribution in [0.4, 0.5) is 0 Å². The summed E-state index contributed by atoms with van der Waals surface area (Å²) in [7, 11) is 0. The van der Waals surface area contributed by atoms with Crippen molar-refractivity contribution >= 4 is 21.8 Å². The van der Waals surface area contributed by atoms with Gasteiger partial charge in [-0.15, -0.1) is 5.10 Å². The van der Waals surface area contributed by atoms with E-state index in [0.29, 0.717) is 24.7 Å². The Kier molecular flexibility index (Phi) is 4.50. The third-order valence-electron chi connectivity index (χ3n) is 4.41. The van der Waals surface area contributed by atoms with Crippen LogP contribution in [0.25, 0.3) is 5.69 Å². The molecular weight excluding hydrogens is 358 g/mol. The number of likely N-dealkylation sites (tertiary alicyclic amines) is 1. The van der Waals surface area contributed by atoms with Crippen LogP contribution in [-0.4, -0.2) is 44.9 Å². The molecule has 0 radical (unpaired) electrons. The molecule has 2 unspecified atom stereocenters. The van der Waals surface area contributed by atoms with Crippen molar-refractivity contribution in [3.05, 3.63) is 40.1 Å². The second-order valence-electron chi connectivity index (χ2n) is 6.06. The Morgan fingerprint density at radius 1 is 1.48 bits per heavy atom. The highest BCUT2D eigenvalue weighted by molar-refractivity contribution is 9.10. The third-order valence-corrected chi connectivity index (χ3v) is 4.90. The van der Waals surface area contributed by atoms with Crippen molar-refractivity contribution in [2.45, 2.75) is 26.3 Å². The monoisotopic (exact) mass is 377 g/mol. The number of halogens is 1. The average molecular weight is 378 g/mol. The normalized spacial score (nSPS) is 21.0. The van der Waals surface area contributed by atoms with Gasteiger partial charge in [0.25, 0.3) is 5.91 Å². The zero-order valence-corrected chi connectivity index (χ0v) is 14.8. The summed E-state index contributed by atoms with van der Waals surface area (Å²) < 4.78 is 2.65. The van der Waals surface area contributed by atoms with Crippen LogP contribution in [0.15, 0.2) is 28.7 Å². The molecule has 1 amide bonds. The number of carbonyl (C=O) groups excluding carboxylic acids is 1. The molecule has 2 aromatic rings. The second kappa shape index (κ2) is 6.41. The smallest absolute Gasteiger partial charge is 0.276 e. The van der Waals surface area contributed by atoms with Crippen LogP contribution < -0.4 is 5.73 Å². The molecule has 3 rings (SSSR count). The van der Waals surface area contributed by atoms with Crippen LogP contribution in [0, 0.1) is 12.8 Å². The lowest BCUT2D eigenvalue weighted by atomic mass is 10.1. The molecule has 0 spiro atoms. The first kappa shape index (κ1) is 16.1. The summed E-state index contributed by atoms with van der Waals surface area (Å²) in [5.41, 5.74) is 7.78. The number of nitrogens with zero attached hydrogens (tertiary/aromatic N) is 4. The molecule has 1 aliphatic rings. The zero-order valence-electron chi connectivity index (χ0n) is 13.2. The summed E-state index contributed by atoms with van der Waals surface area (Å²) in [6.45, 7) is 5.23. The Labute approximate surface area is 143 Å². The summed E-state index contributed by atoms with van der Waals surface area (Å²) >= 11 is 3.45. The number of hydrogen-bond donors (Lipinski definition) is 1. The van der Waals surface area contributed by atoms with E-state index >= 15 is 0 Å². The summed E-state index contributed by atoms with van der Waals surface area (Å²) in [6.07, 6.45) is 0.945. The number of benzene rings is 1. The highest BCUT2D eigenvalue weighted by atomic mass is 79.9. The lowest BCUT2D eigenvalue weighted by Crippen LogP contribution is -2.35. The minimum atomic E-state index is -0.0628. The lowest BCUT2D eigenvalue weighted by molar-refractivity contribution is 0.0736. The highest BCUT2D eigenvalue weighted by Crippen LogP contribution is 2.25. The van der Waals surface area contributed by atoms with Gasteiger partial charge in [0.2, 0.25) is 0 Å². The van der Waals surface area contributed by atoms with Gasteiger partial charge in [-0.05, 0) is 50.9 Å². The van der Waals surface area contributed by atoms with Crippen molar-refractivity contribution in [2.24, 2.45) is 11.7 Å². The Morgan fingerprint density at radius 2 is 2.26 bits per heavy atom. The number of amides is 1. The predicted octanol–water partition coefficient (Wildman–Crippen LogP) is 2.15. The van der Waals surface area contributed by atoms with Gasteiger partial charge in [0.05, 0.1) is 11.4 Å². The molecule has 122 valence electrons. The molecule has 0 bridgehead atoms. The Bertz CT molecular complexity index is 729. The minimum absolute atomic E-state index is 0.0628. The summed E-state index contributed by atoms with van der Waals surface area (Å²) in [6, 6.07) is 7.94. The van der Waals surface area contributed by atoms with Crippen molar-refractivity contribution in [3.8, 4) is 5.69 Å². The fourth-order valence-electron chi connectivity index (χ4n) is 3.11. The Balaban J connectivity index is 1.89. The molecular formula is C16H20BrN5O. The quantitative estimate of drug-likeness (QED) is 0.888. The van der Waals surface area contributed by atoms with E-state index in [2.05, 4.69) is 33.2 Å². The fourth-order valence-corrected chi connectivity index (χ4v) is 3.50. The molecule has 23 heavy (non-hydrogen) atoms. The number of nitrogens with two attached hydrogens (primary N) is 1. The van der Waals surface area contributed by atoms with Gasteiger partial charge in [0, 0.05) is 17.1 Å². The van der Waals surface area contributed by atoms with E-state index in [1.165, 1.54) is 0 Å². The first-order valence-corrected chi connectivity index (χ1v) is 8.49. The van der Waals surface area contributed by atoms with Gasteiger partial charge in [-0.25, -0.2) is 4.68 Å². The van der Waals surface area contributed by atoms with Crippen LogP contribution in [-0.2, 0) is 0 Å². The van der Waals surface area contributed by atoms with E-state index in [1.807, 2.05) is 36.1 Å². The van der Waals surface area contributed by atoms with Crippen LogP contribution in [0.2, 0.25) is 0 Å². The maximum absolute atomic E-state index is 12.8. The number of aromatic nitrogens is 3. The van der Waals surface area contributed by atoms with E-state index in [4.69, 9.17) is 5.73 Å². The Morgan fingerprint density at radius 3 is 2.91 bits per heavy atom. The lowest BCUT2D eigenvalue weighted by Gasteiger charge is -2.20. The molecule has 7 heteroatoms. The minimum Gasteiger partial charge on any atom is -0.334 e. The van der Waals surface area contributed by atoms with Crippen molar-refractivity contribution in [3.63, 3.8) is 0 Å². The van der Waals surface area contributed by atoms with Crippen molar-refractivity contribution in [1.29, 1.82) is 0 Å². The van der Waals surface area contributed by atoms with Gasteiger partial charge in [0.1, 0.15) is 0 Å². The highest BCUT2D eigenvalue weighted by Gasteiger charge is 2.34. The van der Waals surface area contributed by atoms with Crippen molar-refractivity contribution in [2.75, 3.05) is 13.1 Å². The van der Waals surface area contributed by atoms with Gasteiger partial charge in [-0.3, -0.25) is 4.79 Å². The molecule has 0 saturated carbocycles. The van der Waals surface area contributed by atoms with Crippen molar-refractivity contribution in [1.82, 2.24) is 19.9 Å². The second-order valence-corrected chi connectivity index (χ2v) is 6.97. The summed E-state index contributed by atoms with van der Waals surface area (Å²) in [5.74, 6) is 0.307. The van der Waals surface area contributed by atoms with Crippen LogP contribution in [0.3, 0.4) is 0 Å². The molecule has 2 N–H and O–H groups in total. The van der Waals surface area contributed by atoms with Gasteiger partial charge < -0.3 is 10.6 Å². The molecule has 2 heterocycles. The molecule has 1 aromatic heterocycles. The van der Waals surface area contributed by atoms with E-state index in [-0.39, 0.29) is 11.9 Å². The van der Waals surface area contributed by atoms with Crippen LogP contribution in [0.5, 0.6) is 0 Å². The number of rotatable bonds is 3. The molecule has 0 aliphatic carbocycles. The van der Waals surface area contributed by atoms with Crippen LogP contribution >= 0.6 is 15.9 Å². The summed E-state index contributed by atoms with van der Waals surface area (Å²) in [4.78, 5) is 14.7. The largest absolute Gasteiger partial charge is 0.334 e. The SMILES string of the molecule is Cc1c(C(=O)N2CC(CN)CC2C)nnn1-c1cccc(Br)c1. The van der Waals surface area contributed by atoms with E-state index in [0.717, 1.165) is 22.3 Å². The van der Waals surface area contributed by atoms with Gasteiger partial charge in [-0.2, -0.15) is 0 Å². The van der Waals surface area contributed by atoms with E-state index in [9.17, 15) is 4.79 Å². The zero-order chi connectivity index (χ0) is 16.6. The molecule has 1 aliphatic heterocycles. The Hall–Kier alpha value is -1.73. The van der Waals surface area contributed by atoms with E-state index in [1.54, 1.807) is 4.68 Å². The number of hydrogen-bond acceptors (Lipinski definition) is 4. The molecule has 6 nitrogen and oxygen atoms in total. The van der Waals surface area contributed by atoms with Crippen LogP contribution in [0.1, 0.15) is 29.5 Å². The first-order valence-electron chi connectivity index (χ1n) is 7.70. The van der Waals surface area contributed by atoms with Gasteiger partial charge in [-0.1, -0.05) is 27.2 Å². The summed E-state index contributed by atoms with van der Waals surface area (Å²) in [5, 5.41) is 8.28. The van der Waals surface area contributed by atoms with E-state index < -0.39 is 0 Å². The number of carbonyl (C=O) groups is 1. The van der Waals surface area contributed by atoms with Crippen molar-refractivity contribution < 1.29 is 4.79 Å². The maximum atomic E-state index is 12.8. The fraction of sp³-hybridized carbons (Fsp3) is 0.438. The maximum Gasteiger partial charge on any atom is 0.276 e. The van der Waals surface area contributed by atoms with Gasteiger partial charge in [0.15, 0.2) is 5.69 Å². The molecule has 2 atom stereocenters. The molecule has 1 fully saturated rings. The first-order chi connectivity index (χ1) is 11.0. The third kappa shape index (κ3) is 3.03.